The standard InChI is InChI=1S/C24H20N4O5/c1-27(2)21-11-10-16(14-22(21)28(31)32)23(29)19-8-3-4-9-20(19)24(30)26-17-6-5-7-18(15-17)33-13-12-25/h3-11,14-15H,13H2,1-2H3,(H,26,30). The minimum absolute atomic E-state index is 0.0967. The first-order chi connectivity index (χ1) is 15.8. The highest BCUT2D eigenvalue weighted by Crippen LogP contribution is 2.29. The molecule has 9 nitrogen and oxygen atoms in total. The zero-order valence-corrected chi connectivity index (χ0v) is 17.9. The summed E-state index contributed by atoms with van der Waals surface area (Å²) in [6.07, 6.45) is 0. The van der Waals surface area contributed by atoms with Crippen molar-refractivity contribution in [3.63, 3.8) is 0 Å². The van der Waals surface area contributed by atoms with Crippen LogP contribution in [0.5, 0.6) is 5.75 Å². The molecule has 0 spiro atoms. The highest BCUT2D eigenvalue weighted by molar-refractivity contribution is 6.18. The molecule has 3 rings (SSSR count). The maximum atomic E-state index is 13.2. The number of rotatable bonds is 8. The van der Waals surface area contributed by atoms with Gasteiger partial charge in [-0.1, -0.05) is 24.3 Å². The van der Waals surface area contributed by atoms with E-state index in [0.717, 1.165) is 0 Å². The number of benzene rings is 3. The fraction of sp³-hybridized carbons (Fsp3) is 0.125. The van der Waals surface area contributed by atoms with E-state index in [-0.39, 0.29) is 29.0 Å². The third-order valence-corrected chi connectivity index (χ3v) is 4.73. The summed E-state index contributed by atoms with van der Waals surface area (Å²) in [4.78, 5) is 38.6. The van der Waals surface area contributed by atoms with Crippen LogP contribution in [0.25, 0.3) is 0 Å². The molecule has 0 unspecified atom stereocenters. The largest absolute Gasteiger partial charge is 0.479 e. The molecule has 1 amide bonds. The molecular formula is C24H20N4O5. The molecule has 0 aliphatic rings. The number of nitrogens with zero attached hydrogens (tertiary/aromatic N) is 3. The molecule has 0 saturated heterocycles. The molecule has 0 aromatic heterocycles. The van der Waals surface area contributed by atoms with E-state index in [1.54, 1.807) is 55.4 Å². The van der Waals surface area contributed by atoms with E-state index in [9.17, 15) is 19.7 Å². The first-order valence-corrected chi connectivity index (χ1v) is 9.82. The van der Waals surface area contributed by atoms with Crippen LogP contribution in [-0.2, 0) is 0 Å². The normalized spacial score (nSPS) is 10.1. The first-order valence-electron chi connectivity index (χ1n) is 9.82. The van der Waals surface area contributed by atoms with Crippen molar-refractivity contribution >= 4 is 28.8 Å². The van der Waals surface area contributed by atoms with Crippen molar-refractivity contribution in [3.05, 3.63) is 93.5 Å². The minimum Gasteiger partial charge on any atom is -0.479 e. The Morgan fingerprint density at radius 1 is 1.06 bits per heavy atom. The van der Waals surface area contributed by atoms with Gasteiger partial charge in [0.1, 0.15) is 17.5 Å². The SMILES string of the molecule is CN(C)c1ccc(C(=O)c2ccccc2C(=O)Nc2cccc(OCC#N)c2)cc1[N+](=O)[O-]. The second-order valence-corrected chi connectivity index (χ2v) is 7.16. The number of amides is 1. The number of ether oxygens (including phenoxy) is 1. The van der Waals surface area contributed by atoms with Crippen LogP contribution in [0.4, 0.5) is 17.1 Å². The lowest BCUT2D eigenvalue weighted by Gasteiger charge is -2.14. The van der Waals surface area contributed by atoms with Gasteiger partial charge in [0, 0.05) is 43.0 Å². The van der Waals surface area contributed by atoms with E-state index in [1.165, 1.54) is 30.3 Å². The highest BCUT2D eigenvalue weighted by Gasteiger charge is 2.22. The second-order valence-electron chi connectivity index (χ2n) is 7.16. The predicted octanol–water partition coefficient (Wildman–Crippen LogP) is 4.05. The number of nitrogens with one attached hydrogen (secondary N) is 1. The monoisotopic (exact) mass is 444 g/mol. The lowest BCUT2D eigenvalue weighted by Crippen LogP contribution is -2.17. The summed E-state index contributed by atoms with van der Waals surface area (Å²) in [6, 6.07) is 18.8. The molecule has 0 aliphatic carbocycles. The van der Waals surface area contributed by atoms with Gasteiger partial charge < -0.3 is 15.0 Å². The molecule has 1 N–H and O–H groups in total. The van der Waals surface area contributed by atoms with Crippen LogP contribution in [0.3, 0.4) is 0 Å². The lowest BCUT2D eigenvalue weighted by atomic mass is 9.97. The zero-order valence-electron chi connectivity index (χ0n) is 17.9. The molecule has 3 aromatic rings. The summed E-state index contributed by atoms with van der Waals surface area (Å²) in [5.74, 6) is -0.636. The number of carbonyl (C=O) groups is 2. The number of nitriles is 1. The Bertz CT molecular complexity index is 1260. The van der Waals surface area contributed by atoms with E-state index in [4.69, 9.17) is 10.00 Å². The highest BCUT2D eigenvalue weighted by atomic mass is 16.6. The molecule has 0 saturated carbocycles. The summed E-state index contributed by atoms with van der Waals surface area (Å²) < 4.78 is 5.23. The summed E-state index contributed by atoms with van der Waals surface area (Å²) >= 11 is 0. The van der Waals surface area contributed by atoms with Gasteiger partial charge in [-0.25, -0.2) is 0 Å². The van der Waals surface area contributed by atoms with Crippen molar-refractivity contribution in [3.8, 4) is 11.8 Å². The Labute approximate surface area is 190 Å². The number of anilines is 2. The smallest absolute Gasteiger partial charge is 0.293 e. The Morgan fingerprint density at radius 3 is 2.45 bits per heavy atom. The van der Waals surface area contributed by atoms with Crippen molar-refractivity contribution < 1.29 is 19.2 Å². The maximum absolute atomic E-state index is 13.2. The van der Waals surface area contributed by atoms with Gasteiger partial charge in [-0.3, -0.25) is 19.7 Å². The van der Waals surface area contributed by atoms with Crippen molar-refractivity contribution in [1.82, 2.24) is 0 Å². The van der Waals surface area contributed by atoms with Crippen LogP contribution < -0.4 is 15.0 Å². The average Bonchev–Trinajstić information content (AvgIpc) is 2.82. The number of carbonyl (C=O) groups excluding carboxylic acids is 2. The van der Waals surface area contributed by atoms with Gasteiger partial charge in [-0.05, 0) is 30.3 Å². The van der Waals surface area contributed by atoms with Crippen molar-refractivity contribution in [1.29, 1.82) is 5.26 Å². The topological polar surface area (TPSA) is 126 Å². The molecule has 0 heterocycles. The molecule has 0 bridgehead atoms. The third kappa shape index (κ3) is 5.32. The van der Waals surface area contributed by atoms with Crippen LogP contribution in [0.15, 0.2) is 66.7 Å². The van der Waals surface area contributed by atoms with E-state index < -0.39 is 16.6 Å². The van der Waals surface area contributed by atoms with E-state index >= 15 is 0 Å². The van der Waals surface area contributed by atoms with Crippen LogP contribution in [-0.4, -0.2) is 37.3 Å². The van der Waals surface area contributed by atoms with Gasteiger partial charge in [0.2, 0.25) is 0 Å². The maximum Gasteiger partial charge on any atom is 0.293 e. The van der Waals surface area contributed by atoms with Gasteiger partial charge in [-0.2, -0.15) is 5.26 Å². The molecule has 9 heteroatoms. The van der Waals surface area contributed by atoms with Crippen LogP contribution in [0.1, 0.15) is 26.3 Å². The minimum atomic E-state index is -0.550. The quantitative estimate of drug-likeness (QED) is 0.316. The van der Waals surface area contributed by atoms with Gasteiger partial charge in [-0.15, -0.1) is 0 Å². The fourth-order valence-corrected chi connectivity index (χ4v) is 3.20. The Balaban J connectivity index is 1.91. The molecule has 0 atom stereocenters. The number of nitro benzene ring substituents is 1. The predicted molar refractivity (Wildman–Crippen MR) is 123 cm³/mol. The first kappa shape index (κ1) is 23.0. The summed E-state index contributed by atoms with van der Waals surface area (Å²) in [5, 5.41) is 22.8. The number of hydrogen-bond acceptors (Lipinski definition) is 7. The zero-order chi connectivity index (χ0) is 24.0. The molecule has 3 aromatic carbocycles. The van der Waals surface area contributed by atoms with Gasteiger partial charge in [0.25, 0.3) is 11.6 Å². The van der Waals surface area contributed by atoms with Crippen molar-refractivity contribution in [2.45, 2.75) is 0 Å². The van der Waals surface area contributed by atoms with Crippen LogP contribution in [0, 0.1) is 21.4 Å². The van der Waals surface area contributed by atoms with E-state index in [2.05, 4.69) is 5.32 Å². The number of nitro groups is 1. The molecule has 0 fully saturated rings. The van der Waals surface area contributed by atoms with Gasteiger partial charge in [0.15, 0.2) is 12.4 Å². The molecule has 0 aliphatic heterocycles. The van der Waals surface area contributed by atoms with Crippen LogP contribution >= 0.6 is 0 Å². The molecule has 33 heavy (non-hydrogen) atoms. The molecular weight excluding hydrogens is 424 g/mol. The van der Waals surface area contributed by atoms with Gasteiger partial charge >= 0.3 is 0 Å². The van der Waals surface area contributed by atoms with E-state index in [0.29, 0.717) is 17.1 Å². The summed E-state index contributed by atoms with van der Waals surface area (Å²) in [6.45, 7) is -0.131. The Hall–Kier alpha value is -4.71. The van der Waals surface area contributed by atoms with Gasteiger partial charge in [0.05, 0.1) is 10.5 Å². The Morgan fingerprint density at radius 2 is 1.79 bits per heavy atom. The number of hydrogen-bond donors (Lipinski definition) is 1. The lowest BCUT2D eigenvalue weighted by molar-refractivity contribution is -0.384. The third-order valence-electron chi connectivity index (χ3n) is 4.73. The molecule has 0 radical (unpaired) electrons. The van der Waals surface area contributed by atoms with Crippen molar-refractivity contribution in [2.24, 2.45) is 0 Å². The van der Waals surface area contributed by atoms with Crippen LogP contribution in [0.2, 0.25) is 0 Å². The van der Waals surface area contributed by atoms with Crippen molar-refractivity contribution in [2.75, 3.05) is 30.9 Å². The Kier molecular flexibility index (Phi) is 7.00. The second kappa shape index (κ2) is 10.1. The van der Waals surface area contributed by atoms with E-state index in [1.807, 2.05) is 6.07 Å². The summed E-state index contributed by atoms with van der Waals surface area (Å²) in [5.41, 5.74) is 0.898. The number of ketones is 1. The molecule has 166 valence electrons. The summed E-state index contributed by atoms with van der Waals surface area (Å²) in [7, 11) is 3.34. The average molecular weight is 444 g/mol. The fourth-order valence-electron chi connectivity index (χ4n) is 3.20.